The fourth-order valence-electron chi connectivity index (χ4n) is 0.853. The molecule has 1 aromatic rings. The number of hydrogen-bond donors (Lipinski definition) is 1. The van der Waals surface area contributed by atoms with Gasteiger partial charge in [-0.25, -0.2) is 0 Å². The summed E-state index contributed by atoms with van der Waals surface area (Å²) in [4.78, 5) is 0. The van der Waals surface area contributed by atoms with Crippen molar-refractivity contribution < 1.29 is 22.7 Å². The highest BCUT2D eigenvalue weighted by Gasteiger charge is 2.50. The van der Waals surface area contributed by atoms with E-state index in [-0.39, 0.29) is 5.76 Å². The van der Waals surface area contributed by atoms with Crippen LogP contribution in [-0.2, 0) is 6.42 Å². The highest BCUT2D eigenvalue weighted by atomic mass is 19.4. The van der Waals surface area contributed by atoms with Gasteiger partial charge in [0.05, 0.1) is 6.26 Å². The molecule has 0 aliphatic rings. The van der Waals surface area contributed by atoms with Crippen molar-refractivity contribution in [2.45, 2.75) is 25.1 Å². The van der Waals surface area contributed by atoms with Crippen LogP contribution >= 0.6 is 0 Å². The van der Waals surface area contributed by atoms with E-state index in [1.54, 1.807) is 0 Å². The number of aliphatic hydroxyl groups is 1. The second kappa shape index (κ2) is 3.06. The molecule has 0 aromatic carbocycles. The van der Waals surface area contributed by atoms with Crippen molar-refractivity contribution in [1.29, 1.82) is 0 Å². The Hall–Kier alpha value is -0.970. The van der Waals surface area contributed by atoms with Gasteiger partial charge in [-0.1, -0.05) is 0 Å². The third-order valence-electron chi connectivity index (χ3n) is 1.71. The minimum absolute atomic E-state index is 0.113. The van der Waals surface area contributed by atoms with Gasteiger partial charge in [0.1, 0.15) is 5.76 Å². The lowest BCUT2D eigenvalue weighted by atomic mass is 10.0. The summed E-state index contributed by atoms with van der Waals surface area (Å²) in [6.07, 6.45) is -3.94. The molecule has 0 aliphatic carbocycles. The highest BCUT2D eigenvalue weighted by molar-refractivity contribution is 5.03. The Bertz CT molecular complexity index is 261. The molecule has 0 saturated carbocycles. The predicted molar refractivity (Wildman–Crippen MR) is 39.1 cm³/mol. The minimum atomic E-state index is -4.64. The van der Waals surface area contributed by atoms with Crippen LogP contribution in [0, 0.1) is 0 Å². The van der Waals surface area contributed by atoms with Gasteiger partial charge < -0.3 is 9.52 Å². The molecule has 2 nitrogen and oxygen atoms in total. The van der Waals surface area contributed by atoms with Crippen molar-refractivity contribution in [3.63, 3.8) is 0 Å². The molecule has 0 aliphatic heterocycles. The molecule has 0 amide bonds. The lowest BCUT2D eigenvalue weighted by Gasteiger charge is -2.24. The lowest BCUT2D eigenvalue weighted by molar-refractivity contribution is -0.253. The van der Waals surface area contributed by atoms with Crippen molar-refractivity contribution in [2.75, 3.05) is 0 Å². The predicted octanol–water partition coefficient (Wildman–Crippen LogP) is 2.14. The molecule has 0 fully saturated rings. The van der Waals surface area contributed by atoms with Gasteiger partial charge in [-0.2, -0.15) is 13.2 Å². The smallest absolute Gasteiger partial charge is 0.417 e. The van der Waals surface area contributed by atoms with Crippen LogP contribution in [0.2, 0.25) is 0 Å². The summed E-state index contributed by atoms with van der Waals surface area (Å²) >= 11 is 0. The average Bonchev–Trinajstić information content (AvgIpc) is 2.35. The normalized spacial score (nSPS) is 17.0. The molecule has 1 heterocycles. The van der Waals surface area contributed by atoms with Crippen molar-refractivity contribution in [3.05, 3.63) is 24.2 Å². The SMILES string of the molecule is CC(O)(Cc1ccco1)C(F)(F)F. The van der Waals surface area contributed by atoms with Crippen molar-refractivity contribution in [2.24, 2.45) is 0 Å². The quantitative estimate of drug-likeness (QED) is 0.782. The number of halogens is 3. The van der Waals surface area contributed by atoms with Gasteiger partial charge in [0.2, 0.25) is 0 Å². The zero-order chi connectivity index (χ0) is 10.1. The van der Waals surface area contributed by atoms with Crippen LogP contribution in [0.25, 0.3) is 0 Å². The molecule has 0 spiro atoms. The fourth-order valence-corrected chi connectivity index (χ4v) is 0.853. The molecule has 0 saturated heterocycles. The summed E-state index contributed by atoms with van der Waals surface area (Å²) < 4.78 is 41.1. The molecule has 1 rings (SSSR count). The van der Waals surface area contributed by atoms with Gasteiger partial charge in [0, 0.05) is 6.42 Å². The lowest BCUT2D eigenvalue weighted by Crippen LogP contribution is -2.43. The van der Waals surface area contributed by atoms with Crippen LogP contribution in [0.15, 0.2) is 22.8 Å². The fraction of sp³-hybridized carbons (Fsp3) is 0.500. The van der Waals surface area contributed by atoms with Gasteiger partial charge in [-0.3, -0.25) is 0 Å². The second-order valence-corrected chi connectivity index (χ2v) is 3.03. The number of rotatable bonds is 2. The molecule has 13 heavy (non-hydrogen) atoms. The number of alkyl halides is 3. The van der Waals surface area contributed by atoms with Gasteiger partial charge in [-0.05, 0) is 19.1 Å². The van der Waals surface area contributed by atoms with Gasteiger partial charge >= 0.3 is 6.18 Å². The summed E-state index contributed by atoms with van der Waals surface area (Å²) in [7, 11) is 0. The van der Waals surface area contributed by atoms with Crippen LogP contribution in [0.1, 0.15) is 12.7 Å². The first-order chi connectivity index (χ1) is 5.83. The molecule has 0 radical (unpaired) electrons. The first-order valence-corrected chi connectivity index (χ1v) is 3.64. The van der Waals surface area contributed by atoms with E-state index in [1.165, 1.54) is 18.4 Å². The molecule has 0 bridgehead atoms. The highest BCUT2D eigenvalue weighted by Crippen LogP contribution is 2.32. The zero-order valence-corrected chi connectivity index (χ0v) is 6.93. The summed E-state index contributed by atoms with van der Waals surface area (Å²) in [5.74, 6) is 0.113. The van der Waals surface area contributed by atoms with E-state index in [0.717, 1.165) is 6.92 Å². The Kier molecular flexibility index (Phi) is 2.38. The van der Waals surface area contributed by atoms with E-state index in [2.05, 4.69) is 0 Å². The molecule has 74 valence electrons. The first kappa shape index (κ1) is 10.1. The Morgan fingerprint density at radius 1 is 1.46 bits per heavy atom. The average molecular weight is 194 g/mol. The van der Waals surface area contributed by atoms with E-state index in [1.807, 2.05) is 0 Å². The summed E-state index contributed by atoms with van der Waals surface area (Å²) in [5, 5.41) is 9.04. The zero-order valence-electron chi connectivity index (χ0n) is 6.93. The molecule has 1 aromatic heterocycles. The van der Waals surface area contributed by atoms with E-state index in [4.69, 9.17) is 9.52 Å². The maximum atomic E-state index is 12.1. The Morgan fingerprint density at radius 3 is 2.46 bits per heavy atom. The van der Waals surface area contributed by atoms with E-state index in [9.17, 15) is 13.2 Å². The Balaban J connectivity index is 2.73. The van der Waals surface area contributed by atoms with Crippen LogP contribution in [0.4, 0.5) is 13.2 Å². The summed E-state index contributed by atoms with van der Waals surface area (Å²) in [5.41, 5.74) is -2.73. The monoisotopic (exact) mass is 194 g/mol. The molecule has 1 atom stereocenters. The molecule has 1 N–H and O–H groups in total. The summed E-state index contributed by atoms with van der Waals surface area (Å²) in [6.45, 7) is 0.718. The van der Waals surface area contributed by atoms with E-state index < -0.39 is 18.2 Å². The van der Waals surface area contributed by atoms with Crippen molar-refractivity contribution in [3.8, 4) is 0 Å². The van der Waals surface area contributed by atoms with Crippen LogP contribution < -0.4 is 0 Å². The Morgan fingerprint density at radius 2 is 2.08 bits per heavy atom. The molecular formula is C8H9F3O2. The molecular weight excluding hydrogens is 185 g/mol. The molecule has 5 heteroatoms. The van der Waals surface area contributed by atoms with Crippen molar-refractivity contribution >= 4 is 0 Å². The van der Waals surface area contributed by atoms with E-state index in [0.29, 0.717) is 0 Å². The van der Waals surface area contributed by atoms with E-state index >= 15 is 0 Å². The van der Waals surface area contributed by atoms with Crippen LogP contribution in [-0.4, -0.2) is 16.9 Å². The number of furan rings is 1. The topological polar surface area (TPSA) is 33.4 Å². The Labute approximate surface area is 73.0 Å². The third kappa shape index (κ3) is 2.24. The third-order valence-corrected chi connectivity index (χ3v) is 1.71. The van der Waals surface area contributed by atoms with Crippen LogP contribution in [0.3, 0.4) is 0 Å². The minimum Gasteiger partial charge on any atom is -0.469 e. The largest absolute Gasteiger partial charge is 0.469 e. The van der Waals surface area contributed by atoms with Gasteiger partial charge in [0.15, 0.2) is 5.60 Å². The second-order valence-electron chi connectivity index (χ2n) is 3.03. The van der Waals surface area contributed by atoms with Gasteiger partial charge in [-0.15, -0.1) is 0 Å². The molecule has 1 unspecified atom stereocenters. The standard InChI is InChI=1S/C8H9F3O2/c1-7(12,8(9,10)11)5-6-3-2-4-13-6/h2-4,12H,5H2,1H3. The first-order valence-electron chi connectivity index (χ1n) is 3.64. The van der Waals surface area contributed by atoms with Gasteiger partial charge in [0.25, 0.3) is 0 Å². The maximum absolute atomic E-state index is 12.1. The maximum Gasteiger partial charge on any atom is 0.417 e. The number of hydrogen-bond acceptors (Lipinski definition) is 2. The van der Waals surface area contributed by atoms with Crippen LogP contribution in [0.5, 0.6) is 0 Å². The van der Waals surface area contributed by atoms with Crippen molar-refractivity contribution in [1.82, 2.24) is 0 Å². The summed E-state index contributed by atoms with van der Waals surface area (Å²) in [6, 6.07) is 2.86.